The lowest BCUT2D eigenvalue weighted by atomic mass is 9.83. The van der Waals surface area contributed by atoms with Gasteiger partial charge in [-0.2, -0.15) is 0 Å². The molecule has 0 radical (unpaired) electrons. The van der Waals surface area contributed by atoms with E-state index in [4.69, 9.17) is 0 Å². The predicted octanol–water partition coefficient (Wildman–Crippen LogP) is 2.29. The standard InChI is InChI=1S/C12H21NO/c1-9-6-10(2)8-13(7-9)12(14)11-4-3-5-11/h9-11H,3-8H2,1-2H3. The number of carbonyl (C=O) groups is 1. The molecule has 2 rings (SSSR count). The van der Waals surface area contributed by atoms with Crippen molar-refractivity contribution in [3.05, 3.63) is 0 Å². The lowest BCUT2D eigenvalue weighted by molar-refractivity contribution is -0.140. The van der Waals surface area contributed by atoms with Gasteiger partial charge in [0.1, 0.15) is 0 Å². The fourth-order valence-electron chi connectivity index (χ4n) is 2.76. The second-order valence-electron chi connectivity index (χ2n) is 5.32. The van der Waals surface area contributed by atoms with E-state index in [0.29, 0.717) is 23.7 Å². The van der Waals surface area contributed by atoms with Crippen molar-refractivity contribution < 1.29 is 4.79 Å². The summed E-state index contributed by atoms with van der Waals surface area (Å²) in [5, 5.41) is 0. The Labute approximate surface area is 86.7 Å². The third-order valence-electron chi connectivity index (χ3n) is 3.63. The van der Waals surface area contributed by atoms with Crippen LogP contribution in [0.15, 0.2) is 0 Å². The quantitative estimate of drug-likeness (QED) is 0.628. The van der Waals surface area contributed by atoms with Crippen molar-refractivity contribution in [2.45, 2.75) is 39.5 Å². The van der Waals surface area contributed by atoms with E-state index in [2.05, 4.69) is 18.7 Å². The van der Waals surface area contributed by atoms with Gasteiger partial charge in [0, 0.05) is 19.0 Å². The molecule has 2 fully saturated rings. The number of carbonyl (C=O) groups excluding carboxylic acids is 1. The largest absolute Gasteiger partial charge is 0.342 e. The Bertz CT molecular complexity index is 212. The van der Waals surface area contributed by atoms with Crippen LogP contribution >= 0.6 is 0 Å². The van der Waals surface area contributed by atoms with Crippen LogP contribution in [0.25, 0.3) is 0 Å². The highest BCUT2D eigenvalue weighted by Gasteiger charge is 2.32. The average Bonchev–Trinajstić information content (AvgIpc) is 1.98. The van der Waals surface area contributed by atoms with Crippen molar-refractivity contribution in [2.75, 3.05) is 13.1 Å². The monoisotopic (exact) mass is 195 g/mol. The van der Waals surface area contributed by atoms with Crippen LogP contribution in [0.4, 0.5) is 0 Å². The molecule has 0 N–H and O–H groups in total. The van der Waals surface area contributed by atoms with Crippen molar-refractivity contribution in [3.8, 4) is 0 Å². The summed E-state index contributed by atoms with van der Waals surface area (Å²) in [6.07, 6.45) is 4.82. The van der Waals surface area contributed by atoms with Crippen LogP contribution in [0.2, 0.25) is 0 Å². The molecule has 2 nitrogen and oxygen atoms in total. The van der Waals surface area contributed by atoms with Crippen LogP contribution in [0, 0.1) is 17.8 Å². The zero-order valence-electron chi connectivity index (χ0n) is 9.33. The molecule has 2 heteroatoms. The third-order valence-corrected chi connectivity index (χ3v) is 3.63. The molecule has 2 atom stereocenters. The Morgan fingerprint density at radius 2 is 1.71 bits per heavy atom. The molecule has 0 bridgehead atoms. The van der Waals surface area contributed by atoms with Crippen LogP contribution in [0.1, 0.15) is 39.5 Å². The highest BCUT2D eigenvalue weighted by molar-refractivity contribution is 5.79. The van der Waals surface area contributed by atoms with Gasteiger partial charge in [-0.3, -0.25) is 4.79 Å². The number of hydrogen-bond donors (Lipinski definition) is 0. The van der Waals surface area contributed by atoms with Gasteiger partial charge in [-0.05, 0) is 31.1 Å². The molecule has 2 aliphatic rings. The fourth-order valence-corrected chi connectivity index (χ4v) is 2.76. The van der Waals surface area contributed by atoms with E-state index in [-0.39, 0.29) is 0 Å². The number of amides is 1. The highest BCUT2D eigenvalue weighted by Crippen LogP contribution is 2.30. The summed E-state index contributed by atoms with van der Waals surface area (Å²) in [6.45, 7) is 6.52. The SMILES string of the molecule is CC1CC(C)CN(C(=O)C2CCC2)C1. The summed E-state index contributed by atoms with van der Waals surface area (Å²) < 4.78 is 0. The minimum Gasteiger partial charge on any atom is -0.342 e. The number of nitrogens with zero attached hydrogens (tertiary/aromatic N) is 1. The molecule has 0 aromatic rings. The molecule has 1 saturated heterocycles. The molecule has 1 saturated carbocycles. The first kappa shape index (κ1) is 10.0. The van der Waals surface area contributed by atoms with E-state index >= 15 is 0 Å². The minimum absolute atomic E-state index is 0.382. The smallest absolute Gasteiger partial charge is 0.225 e. The van der Waals surface area contributed by atoms with Crippen molar-refractivity contribution in [2.24, 2.45) is 17.8 Å². The maximum Gasteiger partial charge on any atom is 0.225 e. The Kier molecular flexibility index (Phi) is 2.80. The third kappa shape index (κ3) is 1.94. The van der Waals surface area contributed by atoms with Gasteiger partial charge in [-0.15, -0.1) is 0 Å². The Balaban J connectivity index is 1.92. The van der Waals surface area contributed by atoms with Crippen LogP contribution < -0.4 is 0 Å². The first-order valence-electron chi connectivity index (χ1n) is 5.95. The van der Waals surface area contributed by atoms with Gasteiger partial charge in [0.2, 0.25) is 5.91 Å². The summed E-state index contributed by atoms with van der Waals surface area (Å²) in [6, 6.07) is 0. The molecule has 1 amide bonds. The summed E-state index contributed by atoms with van der Waals surface area (Å²) in [7, 11) is 0. The van der Waals surface area contributed by atoms with Crippen LogP contribution in [0.3, 0.4) is 0 Å². The number of piperidine rings is 1. The van der Waals surface area contributed by atoms with E-state index < -0.39 is 0 Å². The number of likely N-dealkylation sites (tertiary alicyclic amines) is 1. The molecule has 0 aromatic carbocycles. The van der Waals surface area contributed by atoms with E-state index in [0.717, 1.165) is 25.9 Å². The molecule has 1 aliphatic carbocycles. The van der Waals surface area contributed by atoms with E-state index in [9.17, 15) is 4.79 Å². The summed E-state index contributed by atoms with van der Waals surface area (Å²) in [5.41, 5.74) is 0. The van der Waals surface area contributed by atoms with E-state index in [1.165, 1.54) is 12.8 Å². The van der Waals surface area contributed by atoms with Crippen molar-refractivity contribution in [1.82, 2.24) is 4.90 Å². The normalized spacial score (nSPS) is 34.0. The minimum atomic E-state index is 0.382. The summed E-state index contributed by atoms with van der Waals surface area (Å²) in [5.74, 6) is 2.22. The Morgan fingerprint density at radius 3 is 2.14 bits per heavy atom. The number of rotatable bonds is 1. The van der Waals surface area contributed by atoms with E-state index in [1.807, 2.05) is 0 Å². The van der Waals surface area contributed by atoms with Crippen molar-refractivity contribution >= 4 is 5.91 Å². The molecule has 2 unspecified atom stereocenters. The van der Waals surface area contributed by atoms with Gasteiger partial charge >= 0.3 is 0 Å². The molecular weight excluding hydrogens is 174 g/mol. The Hall–Kier alpha value is -0.530. The van der Waals surface area contributed by atoms with Gasteiger partial charge in [0.25, 0.3) is 0 Å². The zero-order chi connectivity index (χ0) is 10.1. The average molecular weight is 195 g/mol. The van der Waals surface area contributed by atoms with Gasteiger partial charge in [-0.25, -0.2) is 0 Å². The van der Waals surface area contributed by atoms with Gasteiger partial charge < -0.3 is 4.90 Å². The molecule has 0 spiro atoms. The van der Waals surface area contributed by atoms with Crippen molar-refractivity contribution in [3.63, 3.8) is 0 Å². The zero-order valence-corrected chi connectivity index (χ0v) is 9.33. The first-order valence-corrected chi connectivity index (χ1v) is 5.95. The second kappa shape index (κ2) is 3.92. The predicted molar refractivity (Wildman–Crippen MR) is 56.9 cm³/mol. The van der Waals surface area contributed by atoms with Crippen LogP contribution in [-0.4, -0.2) is 23.9 Å². The Morgan fingerprint density at radius 1 is 1.14 bits per heavy atom. The van der Waals surface area contributed by atoms with Gasteiger partial charge in [0.05, 0.1) is 0 Å². The summed E-state index contributed by atoms with van der Waals surface area (Å²) >= 11 is 0. The first-order chi connectivity index (χ1) is 6.66. The van der Waals surface area contributed by atoms with Gasteiger partial charge in [-0.1, -0.05) is 20.3 Å². The molecule has 14 heavy (non-hydrogen) atoms. The molecule has 80 valence electrons. The van der Waals surface area contributed by atoms with Crippen LogP contribution in [0.5, 0.6) is 0 Å². The maximum absolute atomic E-state index is 12.0. The molecule has 1 heterocycles. The van der Waals surface area contributed by atoms with Crippen LogP contribution in [-0.2, 0) is 4.79 Å². The lowest BCUT2D eigenvalue weighted by Crippen LogP contribution is -2.46. The topological polar surface area (TPSA) is 20.3 Å². The molecule has 1 aliphatic heterocycles. The summed E-state index contributed by atoms with van der Waals surface area (Å²) in [4.78, 5) is 14.1. The highest BCUT2D eigenvalue weighted by atomic mass is 16.2. The number of hydrogen-bond acceptors (Lipinski definition) is 1. The van der Waals surface area contributed by atoms with Gasteiger partial charge in [0.15, 0.2) is 0 Å². The van der Waals surface area contributed by atoms with E-state index in [1.54, 1.807) is 0 Å². The molecule has 0 aromatic heterocycles. The maximum atomic E-state index is 12.0. The van der Waals surface area contributed by atoms with Crippen molar-refractivity contribution in [1.29, 1.82) is 0 Å². The fraction of sp³-hybridized carbons (Fsp3) is 0.917. The lowest BCUT2D eigenvalue weighted by Gasteiger charge is -2.38. The second-order valence-corrected chi connectivity index (χ2v) is 5.32. The molecular formula is C12H21NO.